The minimum Gasteiger partial charge on any atom is -0.371 e. The number of amidine groups is 1. The Morgan fingerprint density at radius 3 is 2.50 bits per heavy atom. The first-order valence-corrected chi connectivity index (χ1v) is 6.32. The molecule has 120 valence electrons. The molecule has 1 aliphatic rings. The summed E-state index contributed by atoms with van der Waals surface area (Å²) in [5, 5.41) is 2.62. The number of nitrogens with zero attached hydrogens (tertiary/aromatic N) is 1. The zero-order valence-corrected chi connectivity index (χ0v) is 12.0. The molecule has 1 heterocycles. The normalized spacial score (nSPS) is 16.2. The van der Waals surface area contributed by atoms with Gasteiger partial charge in [-0.25, -0.2) is 9.38 Å². The number of carbonyl (C=O) groups is 1. The molecule has 0 aliphatic carbocycles. The number of rotatable bonds is 0. The van der Waals surface area contributed by atoms with Gasteiger partial charge in [-0.2, -0.15) is 13.2 Å². The van der Waals surface area contributed by atoms with Crippen molar-refractivity contribution in [3.8, 4) is 0 Å². The second-order valence-electron chi connectivity index (χ2n) is 5.33. The maximum Gasteiger partial charge on any atom is 0.418 e. The van der Waals surface area contributed by atoms with Crippen LogP contribution in [0.5, 0.6) is 0 Å². The van der Waals surface area contributed by atoms with E-state index in [-0.39, 0.29) is 5.84 Å². The van der Waals surface area contributed by atoms with Crippen molar-refractivity contribution < 1.29 is 22.4 Å². The molecular formula is C13H14F4N4O. The number of anilines is 1. The largest absolute Gasteiger partial charge is 0.418 e. The number of halogens is 4. The van der Waals surface area contributed by atoms with E-state index < -0.39 is 40.4 Å². The summed E-state index contributed by atoms with van der Waals surface area (Å²) in [5.41, 5.74) is 1.79. The molecule has 1 aliphatic heterocycles. The molecule has 0 saturated carbocycles. The zero-order valence-electron chi connectivity index (χ0n) is 12.0. The van der Waals surface area contributed by atoms with Crippen LogP contribution in [-0.4, -0.2) is 17.3 Å². The van der Waals surface area contributed by atoms with Gasteiger partial charge in [-0.15, -0.1) is 0 Å². The molecule has 0 unspecified atom stereocenters. The van der Waals surface area contributed by atoms with Crippen LogP contribution in [0.15, 0.2) is 17.1 Å². The number of nitrogens with one attached hydrogen (secondary N) is 3. The molecule has 0 bridgehead atoms. The van der Waals surface area contributed by atoms with Crippen molar-refractivity contribution in [1.29, 1.82) is 0 Å². The third-order valence-corrected chi connectivity index (χ3v) is 3.04. The Bertz CT molecular complexity index is 652. The molecular weight excluding hydrogens is 304 g/mol. The Kier molecular flexibility index (Phi) is 3.76. The van der Waals surface area contributed by atoms with Crippen molar-refractivity contribution >= 4 is 23.1 Å². The monoisotopic (exact) mass is 318 g/mol. The molecule has 0 aromatic heterocycles. The number of hydrogen-bond donors (Lipinski definition) is 3. The quantitative estimate of drug-likeness (QED) is 0.509. The Hall–Kier alpha value is -2.32. The summed E-state index contributed by atoms with van der Waals surface area (Å²) in [4.78, 5) is 14.8. The SMILES string of the molecule is CC(=O)NNC1=Nc2c(F)ccc(C(F)(F)F)c2NC1(C)C. The van der Waals surface area contributed by atoms with Crippen LogP contribution in [0.1, 0.15) is 26.3 Å². The predicted molar refractivity (Wildman–Crippen MR) is 73.2 cm³/mol. The van der Waals surface area contributed by atoms with E-state index in [1.165, 1.54) is 6.92 Å². The van der Waals surface area contributed by atoms with Gasteiger partial charge in [-0.3, -0.25) is 15.6 Å². The molecule has 0 radical (unpaired) electrons. The molecule has 1 amide bonds. The minimum absolute atomic E-state index is 0.0911. The fraction of sp³-hybridized carbons (Fsp3) is 0.385. The van der Waals surface area contributed by atoms with Crippen LogP contribution in [0, 0.1) is 5.82 Å². The van der Waals surface area contributed by atoms with Gasteiger partial charge in [0.1, 0.15) is 11.5 Å². The summed E-state index contributed by atoms with van der Waals surface area (Å²) in [6.45, 7) is 4.34. The maximum atomic E-state index is 13.8. The summed E-state index contributed by atoms with van der Waals surface area (Å²) in [6, 6.07) is 1.38. The molecule has 22 heavy (non-hydrogen) atoms. The second kappa shape index (κ2) is 5.15. The Labute approximate surface area is 123 Å². The first-order chi connectivity index (χ1) is 10.0. The predicted octanol–water partition coefficient (Wildman–Crippen LogP) is 2.72. The number of carbonyl (C=O) groups excluding carboxylic acids is 1. The highest BCUT2D eigenvalue weighted by atomic mass is 19.4. The van der Waals surface area contributed by atoms with Gasteiger partial charge < -0.3 is 5.32 Å². The third kappa shape index (κ3) is 2.97. The number of aliphatic imine (C=N–C) groups is 1. The molecule has 0 spiro atoms. The van der Waals surface area contributed by atoms with Crippen LogP contribution in [0.25, 0.3) is 0 Å². The van der Waals surface area contributed by atoms with Gasteiger partial charge in [0, 0.05) is 6.92 Å². The van der Waals surface area contributed by atoms with E-state index in [0.29, 0.717) is 12.1 Å². The van der Waals surface area contributed by atoms with E-state index in [1.54, 1.807) is 13.8 Å². The lowest BCUT2D eigenvalue weighted by molar-refractivity contribution is -0.137. The molecule has 2 rings (SSSR count). The summed E-state index contributed by atoms with van der Waals surface area (Å²) >= 11 is 0. The van der Waals surface area contributed by atoms with Crippen molar-refractivity contribution in [3.05, 3.63) is 23.5 Å². The highest BCUT2D eigenvalue weighted by Crippen LogP contribution is 2.44. The molecule has 0 atom stereocenters. The summed E-state index contributed by atoms with van der Waals surface area (Å²) in [7, 11) is 0. The average Bonchev–Trinajstić information content (AvgIpc) is 2.34. The van der Waals surface area contributed by atoms with Gasteiger partial charge in [-0.1, -0.05) is 0 Å². The molecule has 1 aromatic rings. The van der Waals surface area contributed by atoms with Crippen LogP contribution in [-0.2, 0) is 11.0 Å². The first-order valence-electron chi connectivity index (χ1n) is 6.32. The van der Waals surface area contributed by atoms with Crippen LogP contribution >= 0.6 is 0 Å². The minimum atomic E-state index is -4.64. The fourth-order valence-electron chi connectivity index (χ4n) is 1.99. The van der Waals surface area contributed by atoms with Crippen molar-refractivity contribution in [1.82, 2.24) is 10.9 Å². The number of benzene rings is 1. The standard InChI is InChI=1S/C13H14F4N4O/c1-6(22)20-21-11-12(2,3)19-9-7(13(15,16)17)4-5-8(14)10(9)18-11/h4-5,19H,1-3H3,(H,18,21)(H,20,22). The van der Waals surface area contributed by atoms with Crippen LogP contribution in [0.3, 0.4) is 0 Å². The Morgan fingerprint density at radius 1 is 1.32 bits per heavy atom. The van der Waals surface area contributed by atoms with Crippen molar-refractivity contribution in [2.24, 2.45) is 4.99 Å². The third-order valence-electron chi connectivity index (χ3n) is 3.04. The lowest BCUT2D eigenvalue weighted by Gasteiger charge is -2.35. The van der Waals surface area contributed by atoms with Gasteiger partial charge in [0.25, 0.3) is 0 Å². The number of amides is 1. The fourth-order valence-corrected chi connectivity index (χ4v) is 1.99. The summed E-state index contributed by atoms with van der Waals surface area (Å²) < 4.78 is 52.9. The van der Waals surface area contributed by atoms with Gasteiger partial charge >= 0.3 is 6.18 Å². The molecule has 0 fully saturated rings. The van der Waals surface area contributed by atoms with Gasteiger partial charge in [0.05, 0.1) is 16.8 Å². The topological polar surface area (TPSA) is 65.5 Å². The Morgan fingerprint density at radius 2 is 1.95 bits per heavy atom. The van der Waals surface area contributed by atoms with Crippen LogP contribution in [0.4, 0.5) is 28.9 Å². The van der Waals surface area contributed by atoms with E-state index in [9.17, 15) is 22.4 Å². The van der Waals surface area contributed by atoms with Crippen molar-refractivity contribution in [3.63, 3.8) is 0 Å². The summed E-state index contributed by atoms with van der Waals surface area (Å²) in [6.07, 6.45) is -4.64. The van der Waals surface area contributed by atoms with Crippen molar-refractivity contribution in [2.45, 2.75) is 32.5 Å². The zero-order chi connectivity index (χ0) is 16.7. The number of alkyl halides is 3. The smallest absolute Gasteiger partial charge is 0.371 e. The number of fused-ring (bicyclic) bond motifs is 1. The second-order valence-corrected chi connectivity index (χ2v) is 5.33. The number of hydrazine groups is 1. The van der Waals surface area contributed by atoms with Crippen LogP contribution < -0.4 is 16.2 Å². The summed E-state index contributed by atoms with van der Waals surface area (Å²) in [5.74, 6) is -1.23. The molecule has 3 N–H and O–H groups in total. The Balaban J connectivity index is 2.55. The van der Waals surface area contributed by atoms with E-state index in [1.807, 2.05) is 0 Å². The van der Waals surface area contributed by atoms with E-state index in [0.717, 1.165) is 0 Å². The molecule has 9 heteroatoms. The molecule has 1 aromatic carbocycles. The number of hydrogen-bond acceptors (Lipinski definition) is 4. The van der Waals surface area contributed by atoms with Crippen LogP contribution in [0.2, 0.25) is 0 Å². The van der Waals surface area contributed by atoms with Gasteiger partial charge in [-0.05, 0) is 26.0 Å². The molecule has 5 nitrogen and oxygen atoms in total. The van der Waals surface area contributed by atoms with Crippen molar-refractivity contribution in [2.75, 3.05) is 5.32 Å². The van der Waals surface area contributed by atoms with Gasteiger partial charge in [0.15, 0.2) is 5.82 Å². The lowest BCUT2D eigenvalue weighted by atomic mass is 9.98. The highest BCUT2D eigenvalue weighted by molar-refractivity contribution is 6.00. The van der Waals surface area contributed by atoms with E-state index in [4.69, 9.17) is 0 Å². The molecule has 0 saturated heterocycles. The van der Waals surface area contributed by atoms with Gasteiger partial charge in [0.2, 0.25) is 5.91 Å². The van der Waals surface area contributed by atoms with E-state index in [2.05, 4.69) is 21.2 Å². The lowest BCUT2D eigenvalue weighted by Crippen LogP contribution is -2.54. The van der Waals surface area contributed by atoms with E-state index >= 15 is 0 Å². The first kappa shape index (κ1) is 16.1. The average molecular weight is 318 g/mol. The maximum absolute atomic E-state index is 13.8. The highest BCUT2D eigenvalue weighted by Gasteiger charge is 2.40.